The third-order valence-electron chi connectivity index (χ3n) is 2.53. The molecule has 2 aromatic heterocycles. The molecule has 0 amide bonds. The summed E-state index contributed by atoms with van der Waals surface area (Å²) < 4.78 is 1.16. The Labute approximate surface area is 96.9 Å². The molecule has 6 heteroatoms. The van der Waals surface area contributed by atoms with Gasteiger partial charge in [-0.1, -0.05) is 13.8 Å². The first-order valence-corrected chi connectivity index (χ1v) is 5.27. The Kier molecular flexibility index (Phi) is 2.49. The average Bonchev–Trinajstić information content (AvgIpc) is 2.57. The van der Waals surface area contributed by atoms with E-state index >= 15 is 0 Å². The zero-order chi connectivity index (χ0) is 12.7. The number of carbonyl (C=O) groups is 1. The predicted octanol–water partition coefficient (Wildman–Crippen LogP) is 1.15. The number of hydrogen-bond donors (Lipinski definition) is 2. The second-order valence-corrected chi connectivity index (χ2v) is 4.27. The van der Waals surface area contributed by atoms with Crippen molar-refractivity contribution >= 4 is 11.6 Å². The number of carboxylic acid groups (broad SMARTS) is 1. The maximum absolute atomic E-state index is 12.0. The smallest absolute Gasteiger partial charge is 0.343 e. The standard InChI is InChI=1S/C11H13N3O3/c1-5(2)9-8(11(16)17)10(15)14-7(12-9)4-6(3)13-14/h4-5,13H,1-3H3,(H,16,17). The molecule has 0 bridgehead atoms. The van der Waals surface area contributed by atoms with Gasteiger partial charge in [0, 0.05) is 11.8 Å². The Morgan fingerprint density at radius 3 is 2.71 bits per heavy atom. The van der Waals surface area contributed by atoms with Crippen LogP contribution >= 0.6 is 0 Å². The van der Waals surface area contributed by atoms with Crippen LogP contribution in [0.3, 0.4) is 0 Å². The molecule has 17 heavy (non-hydrogen) atoms. The Morgan fingerprint density at radius 1 is 1.53 bits per heavy atom. The quantitative estimate of drug-likeness (QED) is 0.817. The van der Waals surface area contributed by atoms with Crippen LogP contribution in [0, 0.1) is 6.92 Å². The summed E-state index contributed by atoms with van der Waals surface area (Å²) in [7, 11) is 0. The number of aromatic nitrogens is 3. The summed E-state index contributed by atoms with van der Waals surface area (Å²) in [5.74, 6) is -1.36. The molecule has 0 fully saturated rings. The number of nitrogens with zero attached hydrogens (tertiary/aromatic N) is 2. The second-order valence-electron chi connectivity index (χ2n) is 4.27. The van der Waals surface area contributed by atoms with Gasteiger partial charge in [-0.05, 0) is 12.8 Å². The summed E-state index contributed by atoms with van der Waals surface area (Å²) in [6.45, 7) is 5.40. The Hall–Kier alpha value is -2.11. The minimum Gasteiger partial charge on any atom is -0.477 e. The van der Waals surface area contributed by atoms with E-state index in [0.717, 1.165) is 10.2 Å². The predicted molar refractivity (Wildman–Crippen MR) is 61.6 cm³/mol. The second kappa shape index (κ2) is 3.73. The fourth-order valence-electron chi connectivity index (χ4n) is 1.78. The fraction of sp³-hybridized carbons (Fsp3) is 0.364. The molecule has 6 nitrogen and oxygen atoms in total. The molecule has 0 atom stereocenters. The molecule has 90 valence electrons. The molecule has 0 radical (unpaired) electrons. The molecule has 2 aromatic rings. The zero-order valence-corrected chi connectivity index (χ0v) is 9.81. The number of nitrogens with one attached hydrogen (secondary N) is 1. The van der Waals surface area contributed by atoms with E-state index in [1.54, 1.807) is 13.0 Å². The molecular weight excluding hydrogens is 222 g/mol. The molecule has 0 aliphatic heterocycles. The maximum Gasteiger partial charge on any atom is 0.343 e. The van der Waals surface area contributed by atoms with Crippen LogP contribution in [-0.4, -0.2) is 25.7 Å². The molecule has 2 rings (SSSR count). The molecular formula is C11H13N3O3. The van der Waals surface area contributed by atoms with Crippen LogP contribution in [0.25, 0.3) is 5.65 Å². The van der Waals surface area contributed by atoms with Crippen LogP contribution in [0.1, 0.15) is 41.5 Å². The largest absolute Gasteiger partial charge is 0.477 e. The van der Waals surface area contributed by atoms with E-state index in [1.807, 2.05) is 13.8 Å². The van der Waals surface area contributed by atoms with Crippen molar-refractivity contribution in [2.24, 2.45) is 0 Å². The lowest BCUT2D eigenvalue weighted by Gasteiger charge is -2.08. The van der Waals surface area contributed by atoms with Gasteiger partial charge in [-0.3, -0.25) is 9.89 Å². The third-order valence-corrected chi connectivity index (χ3v) is 2.53. The summed E-state index contributed by atoms with van der Waals surface area (Å²) in [6, 6.07) is 1.71. The lowest BCUT2D eigenvalue weighted by atomic mass is 10.1. The molecule has 0 saturated heterocycles. The van der Waals surface area contributed by atoms with Crippen molar-refractivity contribution in [1.29, 1.82) is 0 Å². The van der Waals surface area contributed by atoms with Crippen LogP contribution in [0.15, 0.2) is 10.9 Å². The maximum atomic E-state index is 12.0. The first-order chi connectivity index (χ1) is 7.91. The van der Waals surface area contributed by atoms with Gasteiger partial charge in [-0.15, -0.1) is 0 Å². The van der Waals surface area contributed by atoms with Crippen LogP contribution < -0.4 is 5.56 Å². The van der Waals surface area contributed by atoms with Gasteiger partial charge in [0.1, 0.15) is 5.56 Å². The van der Waals surface area contributed by atoms with Crippen molar-refractivity contribution in [2.45, 2.75) is 26.7 Å². The molecule has 0 unspecified atom stereocenters. The molecule has 0 spiro atoms. The van der Waals surface area contributed by atoms with E-state index in [9.17, 15) is 9.59 Å². The van der Waals surface area contributed by atoms with E-state index in [2.05, 4.69) is 10.1 Å². The van der Waals surface area contributed by atoms with Crippen LogP contribution in [0.5, 0.6) is 0 Å². The highest BCUT2D eigenvalue weighted by molar-refractivity contribution is 5.88. The van der Waals surface area contributed by atoms with E-state index in [-0.39, 0.29) is 11.5 Å². The SMILES string of the molecule is Cc1cc2nc(C(C)C)c(C(=O)O)c(=O)n2[nH]1. The lowest BCUT2D eigenvalue weighted by molar-refractivity contribution is 0.0692. The molecule has 0 aliphatic rings. The van der Waals surface area contributed by atoms with Crippen LogP contribution in [0.2, 0.25) is 0 Å². The van der Waals surface area contributed by atoms with Crippen molar-refractivity contribution in [3.63, 3.8) is 0 Å². The number of H-pyrrole nitrogens is 1. The van der Waals surface area contributed by atoms with Gasteiger partial charge >= 0.3 is 5.97 Å². The average molecular weight is 235 g/mol. The number of hydrogen-bond acceptors (Lipinski definition) is 3. The minimum atomic E-state index is -1.24. The molecule has 0 saturated carbocycles. The molecule has 0 aromatic carbocycles. The van der Waals surface area contributed by atoms with E-state index in [4.69, 9.17) is 5.11 Å². The van der Waals surface area contributed by atoms with Crippen molar-refractivity contribution < 1.29 is 9.90 Å². The monoisotopic (exact) mass is 235 g/mol. The molecule has 2 N–H and O–H groups in total. The lowest BCUT2D eigenvalue weighted by Crippen LogP contribution is -2.26. The Bertz CT molecular complexity index is 652. The number of aryl methyl sites for hydroxylation is 1. The number of rotatable bonds is 2. The molecule has 0 aliphatic carbocycles. The van der Waals surface area contributed by atoms with E-state index in [1.165, 1.54) is 0 Å². The van der Waals surface area contributed by atoms with Gasteiger partial charge in [0.05, 0.1) is 5.69 Å². The van der Waals surface area contributed by atoms with Crippen LogP contribution in [0.4, 0.5) is 0 Å². The molecule has 2 heterocycles. The third kappa shape index (κ3) is 1.71. The number of aromatic carboxylic acids is 1. The number of aromatic amines is 1. The van der Waals surface area contributed by atoms with Crippen molar-refractivity contribution in [3.05, 3.63) is 33.4 Å². The van der Waals surface area contributed by atoms with Gasteiger partial charge in [-0.25, -0.2) is 14.3 Å². The Balaban J connectivity index is 2.93. The van der Waals surface area contributed by atoms with Gasteiger partial charge in [-0.2, -0.15) is 0 Å². The van der Waals surface area contributed by atoms with Crippen molar-refractivity contribution in [3.8, 4) is 0 Å². The summed E-state index contributed by atoms with van der Waals surface area (Å²) in [5, 5.41) is 11.9. The van der Waals surface area contributed by atoms with Gasteiger partial charge in [0.2, 0.25) is 0 Å². The van der Waals surface area contributed by atoms with Crippen LogP contribution in [-0.2, 0) is 0 Å². The highest BCUT2D eigenvalue weighted by Crippen LogP contribution is 2.15. The normalized spacial score (nSPS) is 11.3. The summed E-state index contributed by atoms with van der Waals surface area (Å²) in [5.41, 5.74) is 0.688. The number of fused-ring (bicyclic) bond motifs is 1. The van der Waals surface area contributed by atoms with Crippen molar-refractivity contribution in [1.82, 2.24) is 14.6 Å². The minimum absolute atomic E-state index is 0.117. The zero-order valence-electron chi connectivity index (χ0n) is 9.81. The highest BCUT2D eigenvalue weighted by atomic mass is 16.4. The van der Waals surface area contributed by atoms with Gasteiger partial charge in [0.25, 0.3) is 5.56 Å². The van der Waals surface area contributed by atoms with E-state index in [0.29, 0.717) is 11.3 Å². The first-order valence-electron chi connectivity index (χ1n) is 5.27. The fourth-order valence-corrected chi connectivity index (χ4v) is 1.78. The van der Waals surface area contributed by atoms with Gasteiger partial charge in [0.15, 0.2) is 5.65 Å². The Morgan fingerprint density at radius 2 is 2.18 bits per heavy atom. The topological polar surface area (TPSA) is 87.5 Å². The highest BCUT2D eigenvalue weighted by Gasteiger charge is 2.21. The van der Waals surface area contributed by atoms with Crippen molar-refractivity contribution in [2.75, 3.05) is 0 Å². The summed E-state index contributed by atoms with van der Waals surface area (Å²) in [6.07, 6.45) is 0. The summed E-state index contributed by atoms with van der Waals surface area (Å²) in [4.78, 5) is 27.4. The first kappa shape index (κ1) is 11.4. The summed E-state index contributed by atoms with van der Waals surface area (Å²) >= 11 is 0. The van der Waals surface area contributed by atoms with Gasteiger partial charge < -0.3 is 5.11 Å². The van der Waals surface area contributed by atoms with E-state index < -0.39 is 11.5 Å². The number of carboxylic acids is 1.